The summed E-state index contributed by atoms with van der Waals surface area (Å²) in [6.07, 6.45) is 5.15. The van der Waals surface area contributed by atoms with Crippen molar-refractivity contribution in [3.8, 4) is 22.3 Å². The molecule has 0 saturated heterocycles. The Balaban J connectivity index is 1.83. The normalized spacial score (nSPS) is 11.0. The molecule has 0 amide bonds. The van der Waals surface area contributed by atoms with Crippen molar-refractivity contribution in [1.82, 2.24) is 19.5 Å². The summed E-state index contributed by atoms with van der Waals surface area (Å²) in [4.78, 5) is 26.1. The zero-order valence-electron chi connectivity index (χ0n) is 16.3. The van der Waals surface area contributed by atoms with Gasteiger partial charge in [-0.2, -0.15) is 4.98 Å². The number of fused-ring (bicyclic) bond motifs is 1. The molecule has 4 rings (SSSR count). The Labute approximate surface area is 178 Å². The summed E-state index contributed by atoms with van der Waals surface area (Å²) in [6, 6.07) is 11.2. The Hall–Kier alpha value is -3.29. The van der Waals surface area contributed by atoms with E-state index >= 15 is 0 Å². The van der Waals surface area contributed by atoms with E-state index in [9.17, 15) is 4.79 Å². The van der Waals surface area contributed by atoms with Gasteiger partial charge in [-0.1, -0.05) is 29.8 Å². The lowest BCUT2D eigenvalue weighted by Gasteiger charge is -2.13. The molecule has 0 aliphatic carbocycles. The first-order chi connectivity index (χ1) is 14.6. The summed E-state index contributed by atoms with van der Waals surface area (Å²) in [6.45, 7) is 2.64. The fourth-order valence-electron chi connectivity index (χ4n) is 3.34. The molecule has 3 heterocycles. The van der Waals surface area contributed by atoms with E-state index < -0.39 is 0 Å². The van der Waals surface area contributed by atoms with E-state index in [-0.39, 0.29) is 12.2 Å². The van der Waals surface area contributed by atoms with Crippen LogP contribution >= 0.6 is 11.6 Å². The van der Waals surface area contributed by atoms with Crippen molar-refractivity contribution >= 4 is 28.6 Å². The topological polar surface area (TPSA) is 92.9 Å². The number of halogens is 1. The fraction of sp³-hybridized carbons (Fsp3) is 0.182. The average molecular weight is 422 g/mol. The van der Waals surface area contributed by atoms with Gasteiger partial charge in [-0.15, -0.1) is 0 Å². The number of aromatic nitrogens is 4. The third kappa shape index (κ3) is 3.77. The van der Waals surface area contributed by atoms with Gasteiger partial charge in [0.15, 0.2) is 0 Å². The Morgan fingerprint density at radius 3 is 2.70 bits per heavy atom. The number of aryl methyl sites for hydroxylation is 1. The molecule has 2 N–H and O–H groups in total. The van der Waals surface area contributed by atoms with Crippen molar-refractivity contribution in [2.75, 3.05) is 18.5 Å². The minimum atomic E-state index is -0.173. The summed E-state index contributed by atoms with van der Waals surface area (Å²) < 4.78 is 1.60. The van der Waals surface area contributed by atoms with Gasteiger partial charge in [-0.25, -0.2) is 4.98 Å². The number of nitrogens with zero attached hydrogens (tertiary/aromatic N) is 4. The van der Waals surface area contributed by atoms with E-state index in [4.69, 9.17) is 16.7 Å². The van der Waals surface area contributed by atoms with Gasteiger partial charge in [0.2, 0.25) is 5.95 Å². The van der Waals surface area contributed by atoms with Crippen molar-refractivity contribution in [3.05, 3.63) is 70.4 Å². The first kappa shape index (κ1) is 20.0. The number of hydrogen-bond donors (Lipinski definition) is 2. The molecule has 0 radical (unpaired) electrons. The van der Waals surface area contributed by atoms with Crippen molar-refractivity contribution in [1.29, 1.82) is 0 Å². The summed E-state index contributed by atoms with van der Waals surface area (Å²) in [5.41, 5.74) is 3.38. The molecule has 7 nitrogen and oxygen atoms in total. The fourth-order valence-corrected chi connectivity index (χ4v) is 3.63. The Morgan fingerprint density at radius 1 is 1.13 bits per heavy atom. The standard InChI is InChI=1S/C22H20ClN5O2/c1-2-28-20-16(13-26-22(27-20)25-8-9-29)10-18(21(28)30)17-6-5-14(11-19(17)23)15-4-3-7-24-12-15/h3-7,10-13,29H,2,8-9H2,1H3,(H,25,26,27). The largest absolute Gasteiger partial charge is 0.395 e. The summed E-state index contributed by atoms with van der Waals surface area (Å²) in [5, 5.41) is 13.1. The molecule has 3 aromatic heterocycles. The van der Waals surface area contributed by atoms with Gasteiger partial charge in [0.25, 0.3) is 5.56 Å². The zero-order valence-corrected chi connectivity index (χ0v) is 17.1. The van der Waals surface area contributed by atoms with Crippen molar-refractivity contribution < 1.29 is 5.11 Å². The van der Waals surface area contributed by atoms with Crippen LogP contribution in [0.2, 0.25) is 5.02 Å². The molecule has 4 aromatic rings. The third-order valence-electron chi connectivity index (χ3n) is 4.79. The van der Waals surface area contributed by atoms with Crippen LogP contribution in [-0.2, 0) is 6.54 Å². The van der Waals surface area contributed by atoms with Crippen LogP contribution < -0.4 is 10.9 Å². The molecular formula is C22H20ClN5O2. The van der Waals surface area contributed by atoms with Crippen molar-refractivity contribution in [2.24, 2.45) is 0 Å². The van der Waals surface area contributed by atoms with Gasteiger partial charge in [0.1, 0.15) is 5.65 Å². The number of aliphatic hydroxyl groups is 1. The van der Waals surface area contributed by atoms with E-state index in [1.165, 1.54) is 0 Å². The second kappa shape index (κ2) is 8.61. The Kier molecular flexibility index (Phi) is 5.74. The number of aliphatic hydroxyl groups excluding tert-OH is 1. The minimum absolute atomic E-state index is 0.0333. The maximum Gasteiger partial charge on any atom is 0.260 e. The van der Waals surface area contributed by atoms with E-state index in [2.05, 4.69) is 20.3 Å². The number of rotatable bonds is 6. The van der Waals surface area contributed by atoms with Gasteiger partial charge in [-0.05, 0) is 30.7 Å². The van der Waals surface area contributed by atoms with Crippen LogP contribution in [0.5, 0.6) is 0 Å². The van der Waals surface area contributed by atoms with Crippen LogP contribution in [0.4, 0.5) is 5.95 Å². The van der Waals surface area contributed by atoms with Gasteiger partial charge < -0.3 is 10.4 Å². The molecule has 0 spiro atoms. The number of hydrogen-bond acceptors (Lipinski definition) is 6. The smallest absolute Gasteiger partial charge is 0.260 e. The first-order valence-electron chi connectivity index (χ1n) is 9.58. The van der Waals surface area contributed by atoms with Gasteiger partial charge in [0.05, 0.1) is 6.61 Å². The van der Waals surface area contributed by atoms with Gasteiger partial charge in [0, 0.05) is 58.8 Å². The highest BCUT2D eigenvalue weighted by atomic mass is 35.5. The summed E-state index contributed by atoms with van der Waals surface area (Å²) in [7, 11) is 0. The predicted octanol–water partition coefficient (Wildman–Crippen LogP) is 3.60. The number of benzene rings is 1. The molecular weight excluding hydrogens is 402 g/mol. The van der Waals surface area contributed by atoms with E-state index in [1.807, 2.05) is 37.3 Å². The van der Waals surface area contributed by atoms with Gasteiger partial charge in [-0.3, -0.25) is 14.3 Å². The lowest BCUT2D eigenvalue weighted by molar-refractivity contribution is 0.311. The van der Waals surface area contributed by atoms with E-state index in [0.717, 1.165) is 16.5 Å². The third-order valence-corrected chi connectivity index (χ3v) is 5.10. The molecule has 152 valence electrons. The van der Waals surface area contributed by atoms with E-state index in [0.29, 0.717) is 40.8 Å². The average Bonchev–Trinajstić information content (AvgIpc) is 2.78. The Morgan fingerprint density at radius 2 is 2.00 bits per heavy atom. The lowest BCUT2D eigenvalue weighted by Crippen LogP contribution is -2.22. The summed E-state index contributed by atoms with van der Waals surface area (Å²) >= 11 is 6.58. The quantitative estimate of drug-likeness (QED) is 0.494. The van der Waals surface area contributed by atoms with Crippen LogP contribution in [0, 0.1) is 0 Å². The van der Waals surface area contributed by atoms with Crippen LogP contribution in [0.1, 0.15) is 6.92 Å². The molecule has 0 fully saturated rings. The second-order valence-electron chi connectivity index (χ2n) is 6.67. The first-order valence-corrected chi connectivity index (χ1v) is 9.95. The molecule has 1 aromatic carbocycles. The number of anilines is 1. The van der Waals surface area contributed by atoms with Gasteiger partial charge >= 0.3 is 0 Å². The highest BCUT2D eigenvalue weighted by molar-refractivity contribution is 6.33. The molecule has 8 heteroatoms. The molecule has 0 bridgehead atoms. The highest BCUT2D eigenvalue weighted by Gasteiger charge is 2.15. The molecule has 30 heavy (non-hydrogen) atoms. The van der Waals surface area contributed by atoms with Crippen LogP contribution in [0.3, 0.4) is 0 Å². The van der Waals surface area contributed by atoms with Crippen LogP contribution in [-0.4, -0.2) is 37.8 Å². The van der Waals surface area contributed by atoms with Crippen LogP contribution in [0.15, 0.2) is 59.8 Å². The van der Waals surface area contributed by atoms with Crippen molar-refractivity contribution in [2.45, 2.75) is 13.5 Å². The summed E-state index contributed by atoms with van der Waals surface area (Å²) in [5.74, 6) is 0.366. The Bertz CT molecular complexity index is 1260. The number of nitrogens with one attached hydrogen (secondary N) is 1. The molecule has 0 unspecified atom stereocenters. The molecule has 0 atom stereocenters. The monoisotopic (exact) mass is 421 g/mol. The number of pyridine rings is 2. The molecule has 0 aliphatic rings. The maximum atomic E-state index is 13.2. The maximum absolute atomic E-state index is 13.2. The molecule has 0 aliphatic heterocycles. The minimum Gasteiger partial charge on any atom is -0.395 e. The zero-order chi connectivity index (χ0) is 21.1. The van der Waals surface area contributed by atoms with Crippen LogP contribution in [0.25, 0.3) is 33.3 Å². The lowest BCUT2D eigenvalue weighted by atomic mass is 10.0. The molecule has 0 saturated carbocycles. The second-order valence-corrected chi connectivity index (χ2v) is 7.07. The van der Waals surface area contributed by atoms with E-state index in [1.54, 1.807) is 29.2 Å². The van der Waals surface area contributed by atoms with Crippen molar-refractivity contribution in [3.63, 3.8) is 0 Å². The highest BCUT2D eigenvalue weighted by Crippen LogP contribution is 2.31. The SMILES string of the molecule is CCn1c(=O)c(-c2ccc(-c3cccnc3)cc2Cl)cc2cnc(NCCO)nc21. The predicted molar refractivity (Wildman–Crippen MR) is 119 cm³/mol.